The molecule has 3 N–H and O–H groups in total. The average molecular weight is 161 g/mol. The lowest BCUT2D eigenvalue weighted by atomic mass is 10.2. The van der Waals surface area contributed by atoms with Gasteiger partial charge in [-0.3, -0.25) is 5.10 Å². The summed E-state index contributed by atoms with van der Waals surface area (Å²) in [5, 5.41) is 8.32. The summed E-state index contributed by atoms with van der Waals surface area (Å²) < 4.78 is 0. The Kier molecular flexibility index (Phi) is 1.80. The number of para-hydroxylation sites is 1. The van der Waals surface area contributed by atoms with Gasteiger partial charge in [0.05, 0.1) is 5.52 Å². The van der Waals surface area contributed by atoms with Gasteiger partial charge in [-0.25, -0.2) is 0 Å². The summed E-state index contributed by atoms with van der Waals surface area (Å²) in [5.41, 5.74) is 7.61. The fraction of sp³-hybridized carbons (Fsp3) is 0.222. The molecule has 0 atom stereocenters. The lowest BCUT2D eigenvalue weighted by Gasteiger charge is -1.92. The van der Waals surface area contributed by atoms with Gasteiger partial charge < -0.3 is 5.73 Å². The summed E-state index contributed by atoms with van der Waals surface area (Å²) in [6, 6.07) is 8.04. The highest BCUT2D eigenvalue weighted by Crippen LogP contribution is 2.14. The summed E-state index contributed by atoms with van der Waals surface area (Å²) in [5.74, 6) is 0. The molecule has 2 aromatic rings. The van der Waals surface area contributed by atoms with Gasteiger partial charge in [-0.2, -0.15) is 5.10 Å². The number of aromatic amines is 1. The molecule has 0 unspecified atom stereocenters. The third-order valence-electron chi connectivity index (χ3n) is 1.93. The van der Waals surface area contributed by atoms with Gasteiger partial charge in [0.2, 0.25) is 0 Å². The fourth-order valence-corrected chi connectivity index (χ4v) is 1.35. The van der Waals surface area contributed by atoms with Crippen LogP contribution in [0.4, 0.5) is 0 Å². The first-order valence-corrected chi connectivity index (χ1v) is 4.04. The lowest BCUT2D eigenvalue weighted by Crippen LogP contribution is -2.03. The maximum Gasteiger partial charge on any atom is 0.0923 e. The van der Waals surface area contributed by atoms with Gasteiger partial charge in [0.1, 0.15) is 0 Å². The Balaban J connectivity index is 2.55. The van der Waals surface area contributed by atoms with E-state index in [1.54, 1.807) is 0 Å². The Morgan fingerprint density at radius 3 is 3.00 bits per heavy atom. The first-order valence-electron chi connectivity index (χ1n) is 4.04. The second kappa shape index (κ2) is 2.95. The second-order valence-electron chi connectivity index (χ2n) is 2.76. The molecule has 0 spiro atoms. The van der Waals surface area contributed by atoms with Gasteiger partial charge in [0.25, 0.3) is 0 Å². The smallest absolute Gasteiger partial charge is 0.0923 e. The van der Waals surface area contributed by atoms with Crippen molar-refractivity contribution in [1.82, 2.24) is 10.2 Å². The highest BCUT2D eigenvalue weighted by Gasteiger charge is 2.01. The predicted octanol–water partition coefficient (Wildman–Crippen LogP) is 1.06. The summed E-state index contributed by atoms with van der Waals surface area (Å²) >= 11 is 0. The highest BCUT2D eigenvalue weighted by atomic mass is 15.1. The first-order chi connectivity index (χ1) is 5.92. The van der Waals surface area contributed by atoms with Crippen molar-refractivity contribution in [3.63, 3.8) is 0 Å². The van der Waals surface area contributed by atoms with E-state index in [-0.39, 0.29) is 0 Å². The Bertz CT molecular complexity index is 378. The van der Waals surface area contributed by atoms with Gasteiger partial charge in [-0.15, -0.1) is 0 Å². The predicted molar refractivity (Wildman–Crippen MR) is 48.9 cm³/mol. The zero-order valence-corrected chi connectivity index (χ0v) is 6.75. The molecule has 0 aliphatic heterocycles. The topological polar surface area (TPSA) is 54.7 Å². The van der Waals surface area contributed by atoms with Crippen molar-refractivity contribution in [3.05, 3.63) is 30.0 Å². The molecule has 1 heterocycles. The van der Waals surface area contributed by atoms with Gasteiger partial charge in [-0.05, 0) is 12.6 Å². The number of nitrogens with two attached hydrogens (primary N) is 1. The lowest BCUT2D eigenvalue weighted by molar-refractivity contribution is 0.909. The number of nitrogens with zero attached hydrogens (tertiary/aromatic N) is 1. The maximum atomic E-state index is 5.46. The van der Waals surface area contributed by atoms with E-state index in [2.05, 4.69) is 16.3 Å². The highest BCUT2D eigenvalue weighted by molar-refractivity contribution is 5.81. The summed E-state index contributed by atoms with van der Waals surface area (Å²) in [6.45, 7) is 0.659. The zero-order valence-electron chi connectivity index (χ0n) is 6.75. The van der Waals surface area contributed by atoms with Crippen LogP contribution in [0.1, 0.15) is 5.69 Å². The standard InChI is InChI=1S/C9H11N3/c10-6-5-9-7-3-1-2-4-8(7)11-12-9/h1-4H,5-6,10H2,(H,11,12). The number of fused-ring (bicyclic) bond motifs is 1. The van der Waals surface area contributed by atoms with Gasteiger partial charge in [-0.1, -0.05) is 18.2 Å². The third kappa shape index (κ3) is 1.08. The van der Waals surface area contributed by atoms with Crippen LogP contribution in [0.15, 0.2) is 24.3 Å². The van der Waals surface area contributed by atoms with Crippen LogP contribution in [-0.4, -0.2) is 16.7 Å². The van der Waals surface area contributed by atoms with E-state index in [1.165, 1.54) is 5.39 Å². The van der Waals surface area contributed by atoms with Crippen LogP contribution in [0, 0.1) is 0 Å². The average Bonchev–Trinajstić information content (AvgIpc) is 2.50. The monoisotopic (exact) mass is 161 g/mol. The minimum absolute atomic E-state index is 0.659. The van der Waals surface area contributed by atoms with E-state index in [1.807, 2.05) is 18.2 Å². The molecule has 1 aromatic heterocycles. The normalized spacial score (nSPS) is 10.8. The minimum Gasteiger partial charge on any atom is -0.330 e. The third-order valence-corrected chi connectivity index (χ3v) is 1.93. The molecule has 2 rings (SSSR count). The Hall–Kier alpha value is -1.35. The molecule has 3 heteroatoms. The largest absolute Gasteiger partial charge is 0.330 e. The minimum atomic E-state index is 0.659. The zero-order chi connectivity index (χ0) is 8.39. The molecule has 0 saturated carbocycles. The van der Waals surface area contributed by atoms with E-state index in [0.29, 0.717) is 6.54 Å². The van der Waals surface area contributed by atoms with Crippen LogP contribution in [0.3, 0.4) is 0 Å². The molecular weight excluding hydrogens is 150 g/mol. The number of hydrogen-bond acceptors (Lipinski definition) is 2. The molecule has 0 aliphatic carbocycles. The molecule has 0 aliphatic rings. The van der Waals surface area contributed by atoms with Crippen LogP contribution < -0.4 is 5.73 Å². The van der Waals surface area contributed by atoms with Crippen molar-refractivity contribution in [1.29, 1.82) is 0 Å². The number of nitrogens with one attached hydrogen (secondary N) is 1. The maximum absolute atomic E-state index is 5.46. The molecule has 12 heavy (non-hydrogen) atoms. The molecular formula is C9H11N3. The van der Waals surface area contributed by atoms with Crippen molar-refractivity contribution in [2.75, 3.05) is 6.54 Å². The van der Waals surface area contributed by atoms with Crippen LogP contribution >= 0.6 is 0 Å². The van der Waals surface area contributed by atoms with E-state index in [4.69, 9.17) is 5.73 Å². The fourth-order valence-electron chi connectivity index (χ4n) is 1.35. The van der Waals surface area contributed by atoms with Gasteiger partial charge >= 0.3 is 0 Å². The number of rotatable bonds is 2. The van der Waals surface area contributed by atoms with Gasteiger partial charge in [0, 0.05) is 17.5 Å². The quantitative estimate of drug-likeness (QED) is 0.692. The Labute approximate surface area is 70.6 Å². The molecule has 0 bridgehead atoms. The van der Waals surface area contributed by atoms with Crippen molar-refractivity contribution in [2.45, 2.75) is 6.42 Å². The summed E-state index contributed by atoms with van der Waals surface area (Å²) in [6.07, 6.45) is 0.862. The van der Waals surface area contributed by atoms with E-state index >= 15 is 0 Å². The van der Waals surface area contributed by atoms with Crippen molar-refractivity contribution < 1.29 is 0 Å². The van der Waals surface area contributed by atoms with Crippen molar-refractivity contribution in [3.8, 4) is 0 Å². The molecule has 0 saturated heterocycles. The van der Waals surface area contributed by atoms with E-state index in [0.717, 1.165) is 17.6 Å². The first kappa shape index (κ1) is 7.31. The van der Waals surface area contributed by atoms with Crippen molar-refractivity contribution in [2.24, 2.45) is 5.73 Å². The second-order valence-corrected chi connectivity index (χ2v) is 2.76. The Morgan fingerprint density at radius 2 is 2.17 bits per heavy atom. The molecule has 62 valence electrons. The molecule has 0 radical (unpaired) electrons. The van der Waals surface area contributed by atoms with Crippen LogP contribution in [0.2, 0.25) is 0 Å². The number of hydrogen-bond donors (Lipinski definition) is 2. The Morgan fingerprint density at radius 1 is 1.33 bits per heavy atom. The summed E-state index contributed by atoms with van der Waals surface area (Å²) in [7, 11) is 0. The van der Waals surface area contributed by atoms with E-state index in [9.17, 15) is 0 Å². The number of aromatic nitrogens is 2. The van der Waals surface area contributed by atoms with Crippen LogP contribution in [0.25, 0.3) is 10.9 Å². The SMILES string of the molecule is NCCc1[nH]nc2ccccc12. The van der Waals surface area contributed by atoms with Gasteiger partial charge in [0.15, 0.2) is 0 Å². The van der Waals surface area contributed by atoms with Crippen molar-refractivity contribution >= 4 is 10.9 Å². The number of benzene rings is 1. The molecule has 1 aromatic carbocycles. The van der Waals surface area contributed by atoms with Crippen LogP contribution in [-0.2, 0) is 6.42 Å². The molecule has 0 amide bonds. The van der Waals surface area contributed by atoms with E-state index < -0.39 is 0 Å². The summed E-state index contributed by atoms with van der Waals surface area (Å²) in [4.78, 5) is 0. The molecule has 3 nitrogen and oxygen atoms in total. The van der Waals surface area contributed by atoms with Crippen LogP contribution in [0.5, 0.6) is 0 Å². The molecule has 0 fully saturated rings. The number of H-pyrrole nitrogens is 1.